The molecule has 0 bridgehead atoms. The molecule has 0 aromatic carbocycles. The molecule has 32 heavy (non-hydrogen) atoms. The molecule has 0 amide bonds. The first kappa shape index (κ1) is 20.8. The van der Waals surface area contributed by atoms with Crippen LogP contribution in [0.4, 0.5) is 8.78 Å². The van der Waals surface area contributed by atoms with Gasteiger partial charge in [0.1, 0.15) is 29.2 Å². The van der Waals surface area contributed by atoms with Gasteiger partial charge in [0.25, 0.3) is 0 Å². The Kier molecular flexibility index (Phi) is 5.08. The Labute approximate surface area is 184 Å². The fourth-order valence-electron chi connectivity index (χ4n) is 4.71. The standard InChI is InChI=1S/C22H25F2N7O/c1-13-21(28-29-31(13)17-3-5-26-6-4-17)15-7-19-27-12-18(11-25)30(19)20(8-15)32-14(2)16-9-22(23,24)10-16/h7-8,12,14,16-17,26H,3-6,9-10H2,1-2H3. The van der Waals surface area contributed by atoms with Crippen molar-refractivity contribution in [1.82, 2.24) is 29.7 Å². The van der Waals surface area contributed by atoms with Gasteiger partial charge in [0, 0.05) is 30.4 Å². The van der Waals surface area contributed by atoms with Gasteiger partial charge in [-0.05, 0) is 45.8 Å². The second-order valence-corrected chi connectivity index (χ2v) is 8.83. The molecule has 2 aliphatic rings. The monoisotopic (exact) mass is 441 g/mol. The highest BCUT2D eigenvalue weighted by Gasteiger charge is 2.48. The number of hydrogen-bond acceptors (Lipinski definition) is 6. The van der Waals surface area contributed by atoms with Crippen LogP contribution in [0, 0.1) is 24.2 Å². The number of nitrogens with zero attached hydrogens (tertiary/aromatic N) is 6. The van der Waals surface area contributed by atoms with Gasteiger partial charge >= 0.3 is 0 Å². The number of fused-ring (bicyclic) bond motifs is 1. The molecule has 1 saturated carbocycles. The maximum Gasteiger partial charge on any atom is 0.249 e. The maximum absolute atomic E-state index is 13.4. The summed E-state index contributed by atoms with van der Waals surface area (Å²) in [6, 6.07) is 6.06. The molecule has 1 saturated heterocycles. The molecule has 3 aromatic rings. The van der Waals surface area contributed by atoms with Crippen molar-refractivity contribution in [2.45, 2.75) is 57.6 Å². The zero-order valence-corrected chi connectivity index (χ0v) is 18.1. The predicted octanol–water partition coefficient (Wildman–Crippen LogP) is 3.51. The van der Waals surface area contributed by atoms with Crippen molar-refractivity contribution in [3.8, 4) is 23.2 Å². The normalized spacial score (nSPS) is 20.1. The number of alkyl halides is 2. The van der Waals surface area contributed by atoms with Gasteiger partial charge in [0.2, 0.25) is 11.8 Å². The van der Waals surface area contributed by atoms with Crippen LogP contribution in [0.25, 0.3) is 16.9 Å². The number of rotatable bonds is 5. The second-order valence-electron chi connectivity index (χ2n) is 8.83. The molecule has 0 radical (unpaired) electrons. The van der Waals surface area contributed by atoms with Crippen LogP contribution in [0.5, 0.6) is 5.88 Å². The number of aromatic nitrogens is 5. The van der Waals surface area contributed by atoms with E-state index in [2.05, 4.69) is 26.7 Å². The zero-order valence-electron chi connectivity index (χ0n) is 18.1. The van der Waals surface area contributed by atoms with Gasteiger partial charge in [-0.3, -0.25) is 4.40 Å². The Morgan fingerprint density at radius 3 is 2.72 bits per heavy atom. The smallest absolute Gasteiger partial charge is 0.249 e. The number of ether oxygens (including phenoxy) is 1. The third-order valence-electron chi connectivity index (χ3n) is 6.64. The lowest BCUT2D eigenvalue weighted by Crippen LogP contribution is -2.43. The minimum atomic E-state index is -2.61. The molecule has 1 atom stereocenters. The van der Waals surface area contributed by atoms with Crippen molar-refractivity contribution >= 4 is 5.65 Å². The number of nitriles is 1. The summed E-state index contributed by atoms with van der Waals surface area (Å²) in [6.07, 6.45) is 2.67. The quantitative estimate of drug-likeness (QED) is 0.651. The van der Waals surface area contributed by atoms with Crippen molar-refractivity contribution in [1.29, 1.82) is 5.26 Å². The average molecular weight is 441 g/mol. The van der Waals surface area contributed by atoms with Crippen molar-refractivity contribution in [2.24, 2.45) is 5.92 Å². The number of nitrogens with one attached hydrogen (secondary N) is 1. The molecular weight excluding hydrogens is 416 g/mol. The van der Waals surface area contributed by atoms with E-state index in [1.807, 2.05) is 17.7 Å². The lowest BCUT2D eigenvalue weighted by molar-refractivity contribution is -0.134. The molecule has 168 valence electrons. The fraction of sp³-hybridized carbons (Fsp3) is 0.545. The molecule has 1 N–H and O–H groups in total. The van der Waals surface area contributed by atoms with Crippen molar-refractivity contribution in [3.05, 3.63) is 29.7 Å². The Balaban J connectivity index is 1.51. The fourth-order valence-corrected chi connectivity index (χ4v) is 4.71. The molecule has 8 nitrogen and oxygen atoms in total. The molecule has 10 heteroatoms. The molecular formula is C22H25F2N7O. The van der Waals surface area contributed by atoms with Crippen LogP contribution >= 0.6 is 0 Å². The summed E-state index contributed by atoms with van der Waals surface area (Å²) in [7, 11) is 0. The van der Waals surface area contributed by atoms with Crippen LogP contribution in [0.1, 0.15) is 50.0 Å². The molecule has 1 unspecified atom stereocenters. The molecule has 1 aliphatic heterocycles. The van der Waals surface area contributed by atoms with E-state index in [4.69, 9.17) is 4.74 Å². The van der Waals surface area contributed by atoms with Gasteiger partial charge in [-0.1, -0.05) is 5.21 Å². The van der Waals surface area contributed by atoms with Gasteiger partial charge in [-0.2, -0.15) is 5.26 Å². The Morgan fingerprint density at radius 1 is 1.28 bits per heavy atom. The topological polar surface area (TPSA) is 93.1 Å². The Morgan fingerprint density at radius 2 is 2.03 bits per heavy atom. The van der Waals surface area contributed by atoms with Crippen LogP contribution in [0.3, 0.4) is 0 Å². The van der Waals surface area contributed by atoms with E-state index in [1.165, 1.54) is 6.20 Å². The summed E-state index contributed by atoms with van der Waals surface area (Å²) in [5, 5.41) is 21.7. The van der Waals surface area contributed by atoms with E-state index in [9.17, 15) is 14.0 Å². The number of imidazole rings is 1. The highest BCUT2D eigenvalue weighted by atomic mass is 19.3. The third-order valence-corrected chi connectivity index (χ3v) is 6.64. The largest absolute Gasteiger partial charge is 0.475 e. The minimum Gasteiger partial charge on any atom is -0.475 e. The second kappa shape index (κ2) is 7.81. The van der Waals surface area contributed by atoms with Gasteiger partial charge < -0.3 is 10.1 Å². The summed E-state index contributed by atoms with van der Waals surface area (Å²) in [4.78, 5) is 4.35. The number of pyridine rings is 1. The van der Waals surface area contributed by atoms with E-state index < -0.39 is 12.0 Å². The van der Waals surface area contributed by atoms with Crippen molar-refractivity contribution in [3.63, 3.8) is 0 Å². The van der Waals surface area contributed by atoms with Gasteiger partial charge in [-0.15, -0.1) is 5.10 Å². The average Bonchev–Trinajstić information content (AvgIpc) is 3.35. The summed E-state index contributed by atoms with van der Waals surface area (Å²) in [6.45, 7) is 5.69. The van der Waals surface area contributed by atoms with Crippen molar-refractivity contribution < 1.29 is 13.5 Å². The molecule has 4 heterocycles. The number of halogens is 2. The highest BCUT2D eigenvalue weighted by Crippen LogP contribution is 2.45. The van der Waals surface area contributed by atoms with E-state index in [0.717, 1.165) is 42.9 Å². The Bertz CT molecular complexity index is 1180. The molecule has 2 fully saturated rings. The third kappa shape index (κ3) is 3.60. The molecule has 1 aliphatic carbocycles. The minimum absolute atomic E-state index is 0.185. The van der Waals surface area contributed by atoms with E-state index >= 15 is 0 Å². The first-order valence-corrected chi connectivity index (χ1v) is 11.0. The number of piperidine rings is 1. The van der Waals surface area contributed by atoms with Crippen molar-refractivity contribution in [2.75, 3.05) is 13.1 Å². The van der Waals surface area contributed by atoms with Crippen LogP contribution in [-0.4, -0.2) is 49.5 Å². The molecule has 0 spiro atoms. The summed E-state index contributed by atoms with van der Waals surface area (Å²) < 4.78 is 36.4. The van der Waals surface area contributed by atoms with Crippen LogP contribution < -0.4 is 10.1 Å². The molecule has 5 rings (SSSR count). The lowest BCUT2D eigenvalue weighted by Gasteiger charge is -2.38. The highest BCUT2D eigenvalue weighted by molar-refractivity contribution is 5.68. The van der Waals surface area contributed by atoms with Gasteiger partial charge in [0.05, 0.1) is 17.9 Å². The van der Waals surface area contributed by atoms with Gasteiger partial charge in [0.15, 0.2) is 0 Å². The lowest BCUT2D eigenvalue weighted by atomic mass is 9.78. The SMILES string of the molecule is Cc1c(-c2cc(OC(C)C3CC(F)(F)C3)n3c(C#N)cnc3c2)nnn1C1CCNCC1. The molecule has 3 aromatic heterocycles. The van der Waals surface area contributed by atoms with Crippen LogP contribution in [0.15, 0.2) is 18.3 Å². The zero-order chi connectivity index (χ0) is 22.5. The van der Waals surface area contributed by atoms with Gasteiger partial charge in [-0.25, -0.2) is 18.4 Å². The van der Waals surface area contributed by atoms with E-state index in [-0.39, 0.29) is 18.8 Å². The Hall–Kier alpha value is -3.06. The van der Waals surface area contributed by atoms with E-state index in [0.29, 0.717) is 23.3 Å². The first-order chi connectivity index (χ1) is 15.4. The van der Waals surface area contributed by atoms with E-state index in [1.54, 1.807) is 17.4 Å². The predicted molar refractivity (Wildman–Crippen MR) is 113 cm³/mol. The summed E-state index contributed by atoms with van der Waals surface area (Å²) >= 11 is 0. The summed E-state index contributed by atoms with van der Waals surface area (Å²) in [5.74, 6) is -2.46. The van der Waals surface area contributed by atoms with Crippen LogP contribution in [-0.2, 0) is 0 Å². The summed E-state index contributed by atoms with van der Waals surface area (Å²) in [5.41, 5.74) is 3.30. The first-order valence-electron chi connectivity index (χ1n) is 11.0. The van der Waals surface area contributed by atoms with Crippen LogP contribution in [0.2, 0.25) is 0 Å². The maximum atomic E-state index is 13.4. The number of hydrogen-bond donors (Lipinski definition) is 1.